The van der Waals surface area contributed by atoms with E-state index < -0.39 is 0 Å². The topological polar surface area (TPSA) is 43.3 Å². The Labute approximate surface area is 182 Å². The normalized spacial score (nSPS) is 25.2. The fourth-order valence-corrected chi connectivity index (χ4v) is 4.28. The second kappa shape index (κ2) is 12.2. The van der Waals surface area contributed by atoms with Crippen molar-refractivity contribution >= 4 is 29.9 Å². The Morgan fingerprint density at radius 1 is 1.15 bits per heavy atom. The fourth-order valence-electron chi connectivity index (χ4n) is 4.28. The van der Waals surface area contributed by atoms with Crippen molar-refractivity contribution in [2.24, 2.45) is 10.9 Å². The molecule has 7 heteroatoms. The average Bonchev–Trinajstić information content (AvgIpc) is 3.35. The zero-order valence-electron chi connectivity index (χ0n) is 17.1. The average molecular weight is 491 g/mol. The fraction of sp³-hybridized carbons (Fsp3) is 0.850. The summed E-state index contributed by atoms with van der Waals surface area (Å²) in [6.07, 6.45) is 8.36. The highest BCUT2D eigenvalue weighted by molar-refractivity contribution is 14.0. The molecule has 3 aliphatic heterocycles. The molecular formula is C20H38IN5O. The maximum Gasteiger partial charge on any atom is 0.193 e. The first-order chi connectivity index (χ1) is 12.8. The molecule has 0 radical (unpaired) electrons. The molecule has 2 saturated heterocycles. The number of ether oxygens (including phenoxy) is 1. The molecule has 0 aliphatic carbocycles. The minimum atomic E-state index is 0. The standard InChI is InChI=1S/C20H37N5O.HI/c1-3-21-20(25-13-8-19(17-25)24-9-4-5-10-24)22-16-18-6-11-23(12-7-18)14-15-26-2;/h4-5,18-19H,3,6-17H2,1-2H3,(H,21,22);1H. The third-order valence-corrected chi connectivity index (χ3v) is 5.98. The summed E-state index contributed by atoms with van der Waals surface area (Å²) in [4.78, 5) is 12.6. The van der Waals surface area contributed by atoms with Crippen LogP contribution in [0.3, 0.4) is 0 Å². The van der Waals surface area contributed by atoms with Gasteiger partial charge in [0.15, 0.2) is 5.96 Å². The minimum absolute atomic E-state index is 0. The van der Waals surface area contributed by atoms with Crippen LogP contribution < -0.4 is 5.32 Å². The molecule has 0 spiro atoms. The van der Waals surface area contributed by atoms with E-state index in [0.29, 0.717) is 6.04 Å². The number of hydrogen-bond acceptors (Lipinski definition) is 4. The van der Waals surface area contributed by atoms with Gasteiger partial charge in [-0.2, -0.15) is 0 Å². The Morgan fingerprint density at radius 2 is 1.89 bits per heavy atom. The van der Waals surface area contributed by atoms with Gasteiger partial charge in [-0.15, -0.1) is 24.0 Å². The molecule has 3 heterocycles. The lowest BCUT2D eigenvalue weighted by atomic mass is 9.97. The summed E-state index contributed by atoms with van der Waals surface area (Å²) in [5, 5.41) is 3.53. The van der Waals surface area contributed by atoms with E-state index in [4.69, 9.17) is 9.73 Å². The maximum atomic E-state index is 5.20. The molecule has 27 heavy (non-hydrogen) atoms. The van der Waals surface area contributed by atoms with Crippen LogP contribution in [-0.4, -0.2) is 99.3 Å². The third kappa shape index (κ3) is 6.87. The molecule has 3 rings (SSSR count). The molecule has 0 amide bonds. The van der Waals surface area contributed by atoms with Crippen molar-refractivity contribution in [2.75, 3.05) is 72.6 Å². The van der Waals surface area contributed by atoms with Crippen LogP contribution >= 0.6 is 24.0 Å². The largest absolute Gasteiger partial charge is 0.383 e. The van der Waals surface area contributed by atoms with E-state index in [1.807, 2.05) is 0 Å². The van der Waals surface area contributed by atoms with Gasteiger partial charge >= 0.3 is 0 Å². The molecule has 3 aliphatic rings. The number of nitrogens with one attached hydrogen (secondary N) is 1. The van der Waals surface area contributed by atoms with Gasteiger partial charge in [-0.25, -0.2) is 0 Å². The number of likely N-dealkylation sites (tertiary alicyclic amines) is 2. The summed E-state index contributed by atoms with van der Waals surface area (Å²) in [7, 11) is 1.78. The van der Waals surface area contributed by atoms with Crippen LogP contribution in [0, 0.1) is 5.92 Å². The van der Waals surface area contributed by atoms with Gasteiger partial charge in [0.05, 0.1) is 6.61 Å². The molecule has 1 atom stereocenters. The van der Waals surface area contributed by atoms with Crippen molar-refractivity contribution in [1.29, 1.82) is 0 Å². The highest BCUT2D eigenvalue weighted by atomic mass is 127. The SMILES string of the molecule is CCNC(=NCC1CCN(CCOC)CC1)N1CCC(N2CC=CC2)C1.I. The molecule has 0 aromatic heterocycles. The molecule has 1 N–H and O–H groups in total. The van der Waals surface area contributed by atoms with Crippen LogP contribution in [0.2, 0.25) is 0 Å². The van der Waals surface area contributed by atoms with E-state index in [9.17, 15) is 0 Å². The van der Waals surface area contributed by atoms with Crippen LogP contribution in [0.5, 0.6) is 0 Å². The first-order valence-electron chi connectivity index (χ1n) is 10.4. The van der Waals surface area contributed by atoms with Crippen molar-refractivity contribution < 1.29 is 4.74 Å². The van der Waals surface area contributed by atoms with Gasteiger partial charge in [-0.05, 0) is 45.2 Å². The van der Waals surface area contributed by atoms with Gasteiger partial charge in [-0.3, -0.25) is 9.89 Å². The Kier molecular flexibility index (Phi) is 10.4. The maximum absolute atomic E-state index is 5.20. The van der Waals surface area contributed by atoms with Crippen LogP contribution in [-0.2, 0) is 4.74 Å². The zero-order chi connectivity index (χ0) is 18.2. The van der Waals surface area contributed by atoms with Crippen molar-refractivity contribution in [1.82, 2.24) is 20.0 Å². The van der Waals surface area contributed by atoms with Gasteiger partial charge in [0.1, 0.15) is 0 Å². The number of rotatable bonds is 7. The first kappa shape index (κ1) is 22.9. The second-order valence-corrected chi connectivity index (χ2v) is 7.79. The molecule has 0 aromatic carbocycles. The van der Waals surface area contributed by atoms with Crippen LogP contribution in [0.25, 0.3) is 0 Å². The lowest BCUT2D eigenvalue weighted by Crippen LogP contribution is -2.43. The van der Waals surface area contributed by atoms with E-state index in [1.165, 1.54) is 32.4 Å². The van der Waals surface area contributed by atoms with E-state index in [2.05, 4.69) is 39.1 Å². The highest BCUT2D eigenvalue weighted by Gasteiger charge is 2.29. The monoisotopic (exact) mass is 491 g/mol. The van der Waals surface area contributed by atoms with E-state index in [-0.39, 0.29) is 24.0 Å². The smallest absolute Gasteiger partial charge is 0.193 e. The van der Waals surface area contributed by atoms with Gasteiger partial charge in [-0.1, -0.05) is 12.2 Å². The first-order valence-corrected chi connectivity index (χ1v) is 10.4. The molecule has 2 fully saturated rings. The Bertz CT molecular complexity index is 471. The Balaban J connectivity index is 0.00000261. The summed E-state index contributed by atoms with van der Waals surface area (Å²) in [5.41, 5.74) is 0. The predicted octanol–water partition coefficient (Wildman–Crippen LogP) is 1.87. The van der Waals surface area contributed by atoms with Crippen LogP contribution in [0.4, 0.5) is 0 Å². The third-order valence-electron chi connectivity index (χ3n) is 5.98. The van der Waals surface area contributed by atoms with Crippen molar-refractivity contribution in [3.8, 4) is 0 Å². The van der Waals surface area contributed by atoms with Crippen molar-refractivity contribution in [2.45, 2.75) is 32.2 Å². The van der Waals surface area contributed by atoms with Crippen LogP contribution in [0.15, 0.2) is 17.1 Å². The summed E-state index contributed by atoms with van der Waals surface area (Å²) < 4.78 is 5.20. The number of piperidine rings is 1. The van der Waals surface area contributed by atoms with Gasteiger partial charge in [0.25, 0.3) is 0 Å². The van der Waals surface area contributed by atoms with Gasteiger partial charge in [0, 0.05) is 59.0 Å². The van der Waals surface area contributed by atoms with Gasteiger partial charge in [0.2, 0.25) is 0 Å². The van der Waals surface area contributed by atoms with Crippen molar-refractivity contribution in [3.63, 3.8) is 0 Å². The molecular weight excluding hydrogens is 453 g/mol. The van der Waals surface area contributed by atoms with Gasteiger partial charge < -0.3 is 19.9 Å². The predicted molar refractivity (Wildman–Crippen MR) is 123 cm³/mol. The highest BCUT2D eigenvalue weighted by Crippen LogP contribution is 2.20. The lowest BCUT2D eigenvalue weighted by molar-refractivity contribution is 0.121. The number of halogens is 1. The molecule has 156 valence electrons. The molecule has 1 unspecified atom stereocenters. The quantitative estimate of drug-likeness (QED) is 0.255. The van der Waals surface area contributed by atoms with Crippen molar-refractivity contribution in [3.05, 3.63) is 12.2 Å². The summed E-state index contributed by atoms with van der Waals surface area (Å²) in [5.74, 6) is 1.85. The number of aliphatic imine (C=N–C) groups is 1. The number of nitrogens with zero attached hydrogens (tertiary/aromatic N) is 4. The number of hydrogen-bond donors (Lipinski definition) is 1. The van der Waals surface area contributed by atoms with E-state index in [0.717, 1.165) is 64.3 Å². The summed E-state index contributed by atoms with van der Waals surface area (Å²) in [6, 6.07) is 0.679. The molecule has 0 saturated carbocycles. The van der Waals surface area contributed by atoms with E-state index in [1.54, 1.807) is 7.11 Å². The minimum Gasteiger partial charge on any atom is -0.383 e. The number of methoxy groups -OCH3 is 1. The lowest BCUT2D eigenvalue weighted by Gasteiger charge is -2.31. The molecule has 0 bridgehead atoms. The molecule has 6 nitrogen and oxygen atoms in total. The summed E-state index contributed by atoms with van der Waals surface area (Å²) in [6.45, 7) is 12.8. The van der Waals surface area contributed by atoms with Crippen LogP contribution in [0.1, 0.15) is 26.2 Å². The Morgan fingerprint density at radius 3 is 2.56 bits per heavy atom. The molecule has 0 aromatic rings. The number of guanidine groups is 1. The second-order valence-electron chi connectivity index (χ2n) is 7.79. The summed E-state index contributed by atoms with van der Waals surface area (Å²) >= 11 is 0. The Hall–Kier alpha value is -0.380. The van der Waals surface area contributed by atoms with E-state index >= 15 is 0 Å². The zero-order valence-corrected chi connectivity index (χ0v) is 19.4.